The molecule has 3 aromatic rings. The molecule has 0 saturated heterocycles. The van der Waals surface area contributed by atoms with E-state index in [1.807, 2.05) is 24.3 Å². The molecule has 0 radical (unpaired) electrons. The van der Waals surface area contributed by atoms with E-state index < -0.39 is 0 Å². The van der Waals surface area contributed by atoms with Gasteiger partial charge in [0, 0.05) is 43.8 Å². The Morgan fingerprint density at radius 1 is 1.24 bits per heavy atom. The fourth-order valence-corrected chi connectivity index (χ4v) is 3.40. The number of benzene rings is 1. The van der Waals surface area contributed by atoms with E-state index in [2.05, 4.69) is 15.4 Å². The molecule has 1 N–H and O–H groups in total. The van der Waals surface area contributed by atoms with Gasteiger partial charge in [-0.1, -0.05) is 24.3 Å². The van der Waals surface area contributed by atoms with Gasteiger partial charge in [0.05, 0.1) is 5.56 Å². The highest BCUT2D eigenvalue weighted by molar-refractivity contribution is 6.06. The fraction of sp³-hybridized carbons (Fsp3) is 0.333. The fourth-order valence-electron chi connectivity index (χ4n) is 3.40. The summed E-state index contributed by atoms with van der Waals surface area (Å²) in [4.78, 5) is 28.9. The van der Waals surface area contributed by atoms with E-state index >= 15 is 0 Å². The van der Waals surface area contributed by atoms with Crippen LogP contribution >= 0.6 is 0 Å². The highest BCUT2D eigenvalue weighted by Gasteiger charge is 2.22. The molecule has 1 aromatic carbocycles. The van der Waals surface area contributed by atoms with Crippen molar-refractivity contribution in [3.05, 3.63) is 58.5 Å². The van der Waals surface area contributed by atoms with Crippen molar-refractivity contribution in [1.29, 1.82) is 0 Å². The minimum absolute atomic E-state index is 0.0119. The van der Waals surface area contributed by atoms with Gasteiger partial charge in [0.2, 0.25) is 0 Å². The van der Waals surface area contributed by atoms with Gasteiger partial charge in [0.25, 0.3) is 5.91 Å². The van der Waals surface area contributed by atoms with Gasteiger partial charge in [-0.25, -0.2) is 9.48 Å². The van der Waals surface area contributed by atoms with E-state index in [4.69, 9.17) is 0 Å². The van der Waals surface area contributed by atoms with Crippen molar-refractivity contribution in [2.24, 2.45) is 7.05 Å². The van der Waals surface area contributed by atoms with Crippen molar-refractivity contribution < 1.29 is 4.79 Å². The molecule has 7 heteroatoms. The largest absolute Gasteiger partial charge is 0.349 e. The maximum atomic E-state index is 12.7. The number of hydrogen-bond donors (Lipinski definition) is 1. The third-order valence-electron chi connectivity index (χ3n) is 4.75. The second-order valence-corrected chi connectivity index (χ2v) is 6.38. The van der Waals surface area contributed by atoms with Gasteiger partial charge in [0.1, 0.15) is 5.82 Å². The number of rotatable bonds is 2. The lowest BCUT2D eigenvalue weighted by molar-refractivity contribution is 0.0934. The molecule has 128 valence electrons. The number of carbonyl (C=O) groups is 1. The number of pyridine rings is 1. The Labute approximate surface area is 144 Å². The molecular formula is C18H19N5O2. The molecule has 0 bridgehead atoms. The first-order chi connectivity index (χ1) is 12.1. The first-order valence-electron chi connectivity index (χ1n) is 8.40. The minimum atomic E-state index is -0.123. The van der Waals surface area contributed by atoms with E-state index in [1.54, 1.807) is 24.0 Å². The Balaban J connectivity index is 1.53. The summed E-state index contributed by atoms with van der Waals surface area (Å²) in [6, 6.07) is 7.73. The molecular weight excluding hydrogens is 318 g/mol. The summed E-state index contributed by atoms with van der Waals surface area (Å²) in [6.07, 6.45) is 5.51. The summed E-state index contributed by atoms with van der Waals surface area (Å²) in [5.74, 6) is 0.665. The number of hydrogen-bond acceptors (Lipinski definition) is 4. The van der Waals surface area contributed by atoms with E-state index in [0.29, 0.717) is 24.9 Å². The summed E-state index contributed by atoms with van der Waals surface area (Å²) in [5.41, 5.74) is 0.483. The maximum absolute atomic E-state index is 12.7. The van der Waals surface area contributed by atoms with Crippen LogP contribution in [0.5, 0.6) is 0 Å². The van der Waals surface area contributed by atoms with Crippen molar-refractivity contribution in [3.8, 4) is 0 Å². The Kier molecular flexibility index (Phi) is 3.83. The molecule has 0 fully saturated rings. The van der Waals surface area contributed by atoms with Crippen LogP contribution in [-0.2, 0) is 20.0 Å². The van der Waals surface area contributed by atoms with Crippen LogP contribution in [-0.4, -0.2) is 31.3 Å². The second-order valence-electron chi connectivity index (χ2n) is 6.38. The Morgan fingerprint density at radius 3 is 2.96 bits per heavy atom. The smallest absolute Gasteiger partial charge is 0.345 e. The van der Waals surface area contributed by atoms with E-state index in [1.165, 1.54) is 4.68 Å². The molecule has 0 aliphatic carbocycles. The average molecular weight is 337 g/mol. The van der Waals surface area contributed by atoms with Crippen LogP contribution in [0.4, 0.5) is 0 Å². The highest BCUT2D eigenvalue weighted by atomic mass is 16.2. The van der Waals surface area contributed by atoms with Crippen LogP contribution in [0.25, 0.3) is 10.8 Å². The second kappa shape index (κ2) is 6.16. The molecule has 1 aliphatic heterocycles. The van der Waals surface area contributed by atoms with E-state index in [0.717, 1.165) is 23.0 Å². The van der Waals surface area contributed by atoms with E-state index in [-0.39, 0.29) is 17.6 Å². The Bertz CT molecular complexity index is 999. The van der Waals surface area contributed by atoms with Gasteiger partial charge < -0.3 is 5.32 Å². The normalized spacial score (nSPS) is 17.1. The molecule has 3 heterocycles. The standard InChI is InChI=1S/C18H19N5O2/c1-22-18(25)23-9-8-13(6-7-16(23)21-22)20-17(24)15-11-19-10-12-4-2-3-5-14(12)15/h2-5,10-11,13H,6-9H2,1H3,(H,20,24). The number of nitrogens with zero attached hydrogens (tertiary/aromatic N) is 4. The van der Waals surface area contributed by atoms with Gasteiger partial charge >= 0.3 is 5.69 Å². The topological polar surface area (TPSA) is 81.8 Å². The Morgan fingerprint density at radius 2 is 2.08 bits per heavy atom. The lowest BCUT2D eigenvalue weighted by Gasteiger charge is -2.16. The number of fused-ring (bicyclic) bond motifs is 2. The monoisotopic (exact) mass is 337 g/mol. The van der Waals surface area contributed by atoms with Gasteiger partial charge in [-0.2, -0.15) is 5.10 Å². The van der Waals surface area contributed by atoms with Crippen LogP contribution in [0.2, 0.25) is 0 Å². The number of aromatic nitrogens is 4. The molecule has 25 heavy (non-hydrogen) atoms. The molecule has 1 aliphatic rings. The molecule has 1 unspecified atom stereocenters. The van der Waals surface area contributed by atoms with Crippen molar-refractivity contribution in [1.82, 2.24) is 24.6 Å². The molecule has 0 spiro atoms. The van der Waals surface area contributed by atoms with Crippen LogP contribution in [0.1, 0.15) is 29.0 Å². The average Bonchev–Trinajstić information content (AvgIpc) is 2.78. The number of carbonyl (C=O) groups excluding carboxylic acids is 1. The predicted molar refractivity (Wildman–Crippen MR) is 93.4 cm³/mol. The first-order valence-corrected chi connectivity index (χ1v) is 8.40. The molecule has 0 saturated carbocycles. The molecule has 2 aromatic heterocycles. The molecule has 4 rings (SSSR count). The van der Waals surface area contributed by atoms with Crippen molar-refractivity contribution in [3.63, 3.8) is 0 Å². The zero-order valence-electron chi connectivity index (χ0n) is 14.0. The maximum Gasteiger partial charge on any atom is 0.345 e. The summed E-state index contributed by atoms with van der Waals surface area (Å²) in [7, 11) is 1.66. The molecule has 7 nitrogen and oxygen atoms in total. The summed E-state index contributed by atoms with van der Waals surface area (Å²) in [6.45, 7) is 0.570. The number of aryl methyl sites for hydroxylation is 2. The van der Waals surface area contributed by atoms with Crippen molar-refractivity contribution in [2.45, 2.75) is 31.8 Å². The van der Waals surface area contributed by atoms with Gasteiger partial charge in [0.15, 0.2) is 0 Å². The van der Waals surface area contributed by atoms with Gasteiger partial charge in [-0.3, -0.25) is 14.3 Å². The molecule has 1 atom stereocenters. The quantitative estimate of drug-likeness (QED) is 0.763. The van der Waals surface area contributed by atoms with E-state index in [9.17, 15) is 9.59 Å². The number of amides is 1. The summed E-state index contributed by atoms with van der Waals surface area (Å²) in [5, 5.41) is 9.20. The SMILES string of the molecule is Cn1nc2n(c1=O)CCC(NC(=O)c1cncc3ccccc13)CC2. The lowest BCUT2D eigenvalue weighted by atomic mass is 10.1. The van der Waals surface area contributed by atoms with Crippen LogP contribution in [0, 0.1) is 0 Å². The van der Waals surface area contributed by atoms with Crippen LogP contribution in [0.3, 0.4) is 0 Å². The van der Waals surface area contributed by atoms with Gasteiger partial charge in [-0.05, 0) is 18.2 Å². The first kappa shape index (κ1) is 15.6. The number of nitrogens with one attached hydrogen (secondary N) is 1. The van der Waals surface area contributed by atoms with Crippen LogP contribution < -0.4 is 11.0 Å². The Hall–Kier alpha value is -2.96. The lowest BCUT2D eigenvalue weighted by Crippen LogP contribution is -2.36. The van der Waals surface area contributed by atoms with Crippen molar-refractivity contribution >= 4 is 16.7 Å². The zero-order valence-corrected chi connectivity index (χ0v) is 14.0. The van der Waals surface area contributed by atoms with Gasteiger partial charge in [-0.15, -0.1) is 0 Å². The third kappa shape index (κ3) is 2.82. The summed E-state index contributed by atoms with van der Waals surface area (Å²) < 4.78 is 3.07. The minimum Gasteiger partial charge on any atom is -0.349 e. The molecule has 1 amide bonds. The third-order valence-corrected chi connectivity index (χ3v) is 4.75. The highest BCUT2D eigenvalue weighted by Crippen LogP contribution is 2.18. The predicted octanol–water partition coefficient (Wildman–Crippen LogP) is 1.26. The summed E-state index contributed by atoms with van der Waals surface area (Å²) >= 11 is 0. The zero-order chi connectivity index (χ0) is 17.4. The van der Waals surface area contributed by atoms with Crippen LogP contribution in [0.15, 0.2) is 41.5 Å². The van der Waals surface area contributed by atoms with Crippen molar-refractivity contribution in [2.75, 3.05) is 0 Å².